The molecule has 0 spiro atoms. The SMILES string of the molecule is CCC1CC(C)N(CC)C=[N+]1C. The van der Waals surface area contributed by atoms with E-state index in [1.54, 1.807) is 0 Å². The number of hydrogen-bond donors (Lipinski definition) is 0. The Kier molecular flexibility index (Phi) is 3.12. The molecule has 0 amide bonds. The Balaban J connectivity index is 2.69. The zero-order valence-corrected chi connectivity index (χ0v) is 8.75. The summed E-state index contributed by atoms with van der Waals surface area (Å²) < 4.78 is 2.35. The first-order chi connectivity index (χ1) is 5.69. The maximum atomic E-state index is 2.41. The minimum atomic E-state index is 0.719. The van der Waals surface area contributed by atoms with Gasteiger partial charge in [-0.15, -0.1) is 0 Å². The van der Waals surface area contributed by atoms with Gasteiger partial charge in [0.05, 0.1) is 25.7 Å². The van der Waals surface area contributed by atoms with Crippen LogP contribution < -0.4 is 0 Å². The Morgan fingerprint density at radius 3 is 2.67 bits per heavy atom. The Hall–Kier alpha value is -0.530. The van der Waals surface area contributed by atoms with Crippen LogP contribution >= 0.6 is 0 Å². The lowest BCUT2D eigenvalue weighted by molar-refractivity contribution is -0.546. The average Bonchev–Trinajstić information content (AvgIpc) is 2.08. The highest BCUT2D eigenvalue weighted by molar-refractivity contribution is 5.50. The molecule has 0 fully saturated rings. The largest absolute Gasteiger partial charge is 0.268 e. The minimum absolute atomic E-state index is 0.719. The highest BCUT2D eigenvalue weighted by atomic mass is 15.2. The van der Waals surface area contributed by atoms with Gasteiger partial charge in [-0.05, 0) is 20.3 Å². The van der Waals surface area contributed by atoms with Crippen molar-refractivity contribution >= 4 is 6.34 Å². The average molecular weight is 169 g/mol. The quantitative estimate of drug-likeness (QED) is 0.568. The summed E-state index contributed by atoms with van der Waals surface area (Å²) in [6.07, 6.45) is 4.83. The molecule has 0 aromatic heterocycles. The van der Waals surface area contributed by atoms with E-state index in [1.165, 1.54) is 12.8 Å². The van der Waals surface area contributed by atoms with Gasteiger partial charge >= 0.3 is 0 Å². The molecule has 12 heavy (non-hydrogen) atoms. The first kappa shape index (κ1) is 9.56. The summed E-state index contributed by atoms with van der Waals surface area (Å²) in [6.45, 7) is 7.92. The zero-order valence-electron chi connectivity index (χ0n) is 8.75. The smallest absolute Gasteiger partial charge is 0.234 e. The second kappa shape index (κ2) is 3.92. The van der Waals surface area contributed by atoms with Gasteiger partial charge in [-0.2, -0.15) is 0 Å². The Morgan fingerprint density at radius 1 is 1.50 bits per heavy atom. The molecule has 0 saturated heterocycles. The maximum Gasteiger partial charge on any atom is 0.234 e. The van der Waals surface area contributed by atoms with E-state index in [0.717, 1.165) is 18.6 Å². The molecule has 0 aliphatic carbocycles. The Morgan fingerprint density at radius 2 is 2.17 bits per heavy atom. The molecule has 2 nitrogen and oxygen atoms in total. The van der Waals surface area contributed by atoms with E-state index in [2.05, 4.69) is 43.6 Å². The van der Waals surface area contributed by atoms with Crippen molar-refractivity contribution in [1.29, 1.82) is 0 Å². The summed E-state index contributed by atoms with van der Waals surface area (Å²) >= 11 is 0. The van der Waals surface area contributed by atoms with Crippen molar-refractivity contribution < 1.29 is 4.58 Å². The van der Waals surface area contributed by atoms with Crippen LogP contribution in [0.25, 0.3) is 0 Å². The van der Waals surface area contributed by atoms with E-state index >= 15 is 0 Å². The summed E-state index contributed by atoms with van der Waals surface area (Å²) in [4.78, 5) is 2.41. The second-order valence-electron chi connectivity index (χ2n) is 3.76. The lowest BCUT2D eigenvalue weighted by Gasteiger charge is -2.29. The molecule has 0 saturated carbocycles. The summed E-state index contributed by atoms with van der Waals surface area (Å²) in [7, 11) is 2.18. The maximum absolute atomic E-state index is 2.41. The predicted octanol–water partition coefficient (Wildman–Crippen LogP) is 1.55. The third kappa shape index (κ3) is 1.79. The topological polar surface area (TPSA) is 6.25 Å². The fourth-order valence-corrected chi connectivity index (χ4v) is 1.99. The highest BCUT2D eigenvalue weighted by Gasteiger charge is 2.27. The van der Waals surface area contributed by atoms with Gasteiger partial charge < -0.3 is 0 Å². The Bertz CT molecular complexity index is 175. The van der Waals surface area contributed by atoms with Gasteiger partial charge in [0.15, 0.2) is 0 Å². The summed E-state index contributed by atoms with van der Waals surface area (Å²) in [5.74, 6) is 0. The van der Waals surface area contributed by atoms with Crippen molar-refractivity contribution in [2.45, 2.75) is 45.7 Å². The van der Waals surface area contributed by atoms with Gasteiger partial charge in [0.25, 0.3) is 0 Å². The van der Waals surface area contributed by atoms with Crippen LogP contribution in [0.1, 0.15) is 33.6 Å². The van der Waals surface area contributed by atoms with Gasteiger partial charge in [0.2, 0.25) is 6.34 Å². The fourth-order valence-electron chi connectivity index (χ4n) is 1.99. The first-order valence-electron chi connectivity index (χ1n) is 5.01. The van der Waals surface area contributed by atoms with Crippen LogP contribution in [0.15, 0.2) is 0 Å². The number of nitrogens with zero attached hydrogens (tertiary/aromatic N) is 2. The third-order valence-electron chi connectivity index (χ3n) is 2.92. The molecule has 0 N–H and O–H groups in total. The standard InChI is InChI=1S/C10H21N2/c1-5-10-7-9(3)12(6-2)8-11(10)4/h8-10H,5-7H2,1-4H3/q+1. The van der Waals surface area contributed by atoms with Crippen LogP contribution in [0.3, 0.4) is 0 Å². The number of hydrogen-bond acceptors (Lipinski definition) is 1. The summed E-state index contributed by atoms with van der Waals surface area (Å²) in [5.41, 5.74) is 0. The monoisotopic (exact) mass is 169 g/mol. The molecule has 2 atom stereocenters. The van der Waals surface area contributed by atoms with E-state index < -0.39 is 0 Å². The Labute approximate surface area is 75.9 Å². The van der Waals surface area contributed by atoms with Gasteiger partial charge in [0.1, 0.15) is 0 Å². The van der Waals surface area contributed by atoms with E-state index in [-0.39, 0.29) is 0 Å². The van der Waals surface area contributed by atoms with E-state index in [4.69, 9.17) is 0 Å². The molecule has 1 heterocycles. The molecule has 1 rings (SSSR count). The first-order valence-corrected chi connectivity index (χ1v) is 5.01. The molecule has 1 aliphatic heterocycles. The lowest BCUT2D eigenvalue weighted by atomic mass is 10.0. The molecular formula is C10H21N2+. The van der Waals surface area contributed by atoms with E-state index in [0.29, 0.717) is 0 Å². The van der Waals surface area contributed by atoms with Crippen LogP contribution in [-0.2, 0) is 0 Å². The van der Waals surface area contributed by atoms with Crippen molar-refractivity contribution in [2.75, 3.05) is 13.6 Å². The van der Waals surface area contributed by atoms with Crippen LogP contribution in [0.5, 0.6) is 0 Å². The van der Waals surface area contributed by atoms with Crippen LogP contribution in [0.4, 0.5) is 0 Å². The summed E-state index contributed by atoms with van der Waals surface area (Å²) in [6, 6.07) is 1.47. The predicted molar refractivity (Wildman–Crippen MR) is 52.8 cm³/mol. The third-order valence-corrected chi connectivity index (χ3v) is 2.92. The molecule has 0 bridgehead atoms. The van der Waals surface area contributed by atoms with E-state index in [1.807, 2.05) is 0 Å². The fraction of sp³-hybridized carbons (Fsp3) is 0.900. The molecule has 0 radical (unpaired) electrons. The molecule has 70 valence electrons. The molecule has 0 aromatic carbocycles. The van der Waals surface area contributed by atoms with E-state index in [9.17, 15) is 0 Å². The molecular weight excluding hydrogens is 148 g/mol. The molecule has 1 aliphatic rings. The van der Waals surface area contributed by atoms with Gasteiger partial charge in [-0.1, -0.05) is 6.92 Å². The van der Waals surface area contributed by atoms with Crippen LogP contribution in [-0.4, -0.2) is 41.5 Å². The van der Waals surface area contributed by atoms with Crippen molar-refractivity contribution in [3.63, 3.8) is 0 Å². The molecule has 2 unspecified atom stereocenters. The van der Waals surface area contributed by atoms with Gasteiger partial charge in [0, 0.05) is 6.42 Å². The van der Waals surface area contributed by atoms with Gasteiger partial charge in [-0.3, -0.25) is 9.48 Å². The van der Waals surface area contributed by atoms with Crippen molar-refractivity contribution in [1.82, 2.24) is 4.90 Å². The van der Waals surface area contributed by atoms with Crippen molar-refractivity contribution in [3.05, 3.63) is 0 Å². The lowest BCUT2D eigenvalue weighted by Crippen LogP contribution is -2.45. The molecule has 2 heteroatoms. The highest BCUT2D eigenvalue weighted by Crippen LogP contribution is 2.14. The zero-order chi connectivity index (χ0) is 9.14. The number of rotatable bonds is 2. The van der Waals surface area contributed by atoms with Crippen LogP contribution in [0.2, 0.25) is 0 Å². The van der Waals surface area contributed by atoms with Crippen LogP contribution in [0, 0.1) is 0 Å². The van der Waals surface area contributed by atoms with Crippen molar-refractivity contribution in [2.24, 2.45) is 0 Å². The normalized spacial score (nSPS) is 30.3. The second-order valence-corrected chi connectivity index (χ2v) is 3.76. The summed E-state index contributed by atoms with van der Waals surface area (Å²) in [5, 5.41) is 0. The van der Waals surface area contributed by atoms with Gasteiger partial charge in [-0.25, -0.2) is 0 Å². The minimum Gasteiger partial charge on any atom is -0.268 e. The van der Waals surface area contributed by atoms with Crippen molar-refractivity contribution in [3.8, 4) is 0 Å². The molecule has 0 aromatic rings.